The summed E-state index contributed by atoms with van der Waals surface area (Å²) in [6.07, 6.45) is 1.10. The van der Waals surface area contributed by atoms with Gasteiger partial charge in [0.25, 0.3) is 0 Å². The molecule has 1 aromatic rings. The van der Waals surface area contributed by atoms with Gasteiger partial charge in [-0.1, -0.05) is 30.3 Å². The van der Waals surface area contributed by atoms with Gasteiger partial charge in [0.2, 0.25) is 0 Å². The molecule has 1 aromatic carbocycles. The van der Waals surface area contributed by atoms with E-state index in [4.69, 9.17) is 4.43 Å². The van der Waals surface area contributed by atoms with Gasteiger partial charge in [0.05, 0.1) is 11.2 Å². The average molecular weight is 385 g/mol. The Balaban J connectivity index is 3.61. The number of hydrogen-bond acceptors (Lipinski definition) is 4. The van der Waals surface area contributed by atoms with Crippen molar-refractivity contribution in [1.29, 1.82) is 0 Å². The van der Waals surface area contributed by atoms with Gasteiger partial charge < -0.3 is 19.1 Å². The zero-order chi connectivity index (χ0) is 19.7. The van der Waals surface area contributed by atoms with E-state index in [0.29, 0.717) is 12.8 Å². The summed E-state index contributed by atoms with van der Waals surface area (Å²) in [6.45, 7) is 14.8. The van der Waals surface area contributed by atoms with E-state index in [0.717, 1.165) is 5.56 Å². The summed E-state index contributed by atoms with van der Waals surface area (Å²) in [4.78, 5) is 21.9. The first-order valence-electron chi connectivity index (χ1n) is 8.95. The number of rotatable bonds is 8. The van der Waals surface area contributed by atoms with Crippen LogP contribution in [0.25, 0.3) is 0 Å². The summed E-state index contributed by atoms with van der Waals surface area (Å²) in [5, 5.41) is 9.67. The molecule has 144 valence electrons. The van der Waals surface area contributed by atoms with Crippen molar-refractivity contribution in [3.8, 4) is 0 Å². The lowest BCUT2D eigenvalue weighted by Crippen LogP contribution is -2.67. The molecule has 0 bridgehead atoms. The maximum atomic E-state index is 11.4. The largest absolute Gasteiger partial charge is 0.431 e. The highest BCUT2D eigenvalue weighted by atomic mass is 28.4. The highest BCUT2D eigenvalue weighted by Gasteiger charge is 2.59. The van der Waals surface area contributed by atoms with Crippen LogP contribution in [0.1, 0.15) is 46.1 Å². The summed E-state index contributed by atoms with van der Waals surface area (Å²) < 4.78 is 6.22. The molecule has 1 rings (SSSR count). The second-order valence-electron chi connectivity index (χ2n) is 9.20. The second-order valence-corrected chi connectivity index (χ2v) is 16.3. The predicted octanol–water partition coefficient (Wildman–Crippen LogP) is 3.70. The van der Waals surface area contributed by atoms with E-state index >= 15 is 0 Å². The van der Waals surface area contributed by atoms with Gasteiger partial charge in [-0.2, -0.15) is 0 Å². The van der Waals surface area contributed by atoms with Gasteiger partial charge in [-0.25, -0.2) is 0 Å². The van der Waals surface area contributed by atoms with Crippen LogP contribution in [0, 0.1) is 0 Å². The van der Waals surface area contributed by atoms with Gasteiger partial charge in [-0.15, -0.1) is 0 Å². The van der Waals surface area contributed by atoms with Crippen molar-refractivity contribution in [2.45, 2.75) is 83.0 Å². The lowest BCUT2D eigenvalue weighted by Gasteiger charge is -2.54. The van der Waals surface area contributed by atoms with Crippen LogP contribution in [0.5, 0.6) is 0 Å². The van der Waals surface area contributed by atoms with Gasteiger partial charge in [-0.3, -0.25) is 0 Å². The number of hydrogen-bond donors (Lipinski definition) is 3. The van der Waals surface area contributed by atoms with Crippen LogP contribution in [0.4, 0.5) is 0 Å². The fourth-order valence-corrected chi connectivity index (χ4v) is 8.78. The second kappa shape index (κ2) is 7.25. The van der Waals surface area contributed by atoms with Gasteiger partial charge in [0.15, 0.2) is 8.32 Å². The van der Waals surface area contributed by atoms with Crippen LogP contribution in [0.15, 0.2) is 30.3 Å². The molecule has 4 nitrogen and oxygen atoms in total. The summed E-state index contributed by atoms with van der Waals surface area (Å²) >= 11 is 0. The Hall–Kier alpha value is -0.506. The van der Waals surface area contributed by atoms with E-state index in [1.54, 1.807) is 26.9 Å². The average Bonchev–Trinajstić information content (AvgIpc) is 2.34. The molecule has 0 amide bonds. The fourth-order valence-electron chi connectivity index (χ4n) is 4.12. The first-order valence-corrected chi connectivity index (χ1v) is 14.7. The van der Waals surface area contributed by atoms with Crippen LogP contribution >= 0.6 is 0 Å². The SMILES string of the molecule is CC(C)(O)CCC(c1ccccc1)(C(C)(C)O[Si](C)(C)O)[Si](C)(C)O. The summed E-state index contributed by atoms with van der Waals surface area (Å²) in [5.74, 6) is 0. The highest BCUT2D eigenvalue weighted by molar-refractivity contribution is 6.73. The fraction of sp³-hybridized carbons (Fsp3) is 0.684. The Labute approximate surface area is 155 Å². The lowest BCUT2D eigenvalue weighted by molar-refractivity contribution is -0.00124. The minimum Gasteiger partial charge on any atom is -0.431 e. The predicted molar refractivity (Wildman–Crippen MR) is 108 cm³/mol. The van der Waals surface area contributed by atoms with Crippen molar-refractivity contribution in [1.82, 2.24) is 0 Å². The molecule has 0 aliphatic carbocycles. The summed E-state index contributed by atoms with van der Waals surface area (Å²) in [5.41, 5.74) is -0.627. The quantitative estimate of drug-likeness (QED) is 0.598. The zero-order valence-electron chi connectivity index (χ0n) is 17.1. The molecule has 6 heteroatoms. The van der Waals surface area contributed by atoms with Crippen LogP contribution in [0.2, 0.25) is 26.2 Å². The Bertz CT molecular complexity index is 554. The standard InChI is InChI=1S/C19H36O4Si2/c1-17(2,20)14-15-19(24(5,6)21,16-12-10-9-11-13-16)18(3,4)23-25(7,8)22/h9-13,20-22H,14-15H2,1-8H3. The van der Waals surface area contributed by atoms with E-state index < -0.39 is 33.1 Å². The van der Waals surface area contributed by atoms with Crippen molar-refractivity contribution in [2.24, 2.45) is 0 Å². The smallest absolute Gasteiger partial charge is 0.329 e. The molecule has 1 unspecified atom stereocenters. The van der Waals surface area contributed by atoms with E-state index in [1.807, 2.05) is 57.3 Å². The monoisotopic (exact) mass is 384 g/mol. The van der Waals surface area contributed by atoms with Crippen LogP contribution in [-0.4, -0.2) is 42.8 Å². The third-order valence-corrected chi connectivity index (χ3v) is 9.19. The van der Waals surface area contributed by atoms with Gasteiger partial charge >= 0.3 is 8.56 Å². The lowest BCUT2D eigenvalue weighted by atomic mass is 9.78. The van der Waals surface area contributed by atoms with Gasteiger partial charge in [-0.05, 0) is 72.3 Å². The molecule has 0 saturated carbocycles. The minimum absolute atomic E-state index is 0.527. The Morgan fingerprint density at radius 2 is 1.36 bits per heavy atom. The third kappa shape index (κ3) is 5.48. The van der Waals surface area contributed by atoms with Crippen molar-refractivity contribution < 1.29 is 19.1 Å². The van der Waals surface area contributed by atoms with Crippen molar-refractivity contribution in [3.63, 3.8) is 0 Å². The van der Waals surface area contributed by atoms with Crippen LogP contribution < -0.4 is 0 Å². The first-order chi connectivity index (χ1) is 11.0. The Morgan fingerprint density at radius 1 is 0.880 bits per heavy atom. The molecule has 0 radical (unpaired) electrons. The highest BCUT2D eigenvalue weighted by Crippen LogP contribution is 2.49. The van der Waals surface area contributed by atoms with Gasteiger partial charge in [0.1, 0.15) is 0 Å². The summed E-state index contributed by atoms with van der Waals surface area (Å²) in [6, 6.07) is 9.92. The Morgan fingerprint density at radius 3 is 1.72 bits per heavy atom. The van der Waals surface area contributed by atoms with E-state index in [9.17, 15) is 14.7 Å². The molecule has 0 spiro atoms. The molecule has 0 aliphatic rings. The molecular formula is C19H36O4Si2. The van der Waals surface area contributed by atoms with Gasteiger partial charge in [0, 0.05) is 5.04 Å². The Kier molecular flexibility index (Phi) is 6.53. The third-order valence-electron chi connectivity index (χ3n) is 4.96. The minimum atomic E-state index is -2.84. The number of aliphatic hydroxyl groups is 1. The van der Waals surface area contributed by atoms with E-state index in [1.165, 1.54) is 0 Å². The molecule has 0 aliphatic heterocycles. The first kappa shape index (κ1) is 22.5. The molecule has 0 heterocycles. The molecule has 0 fully saturated rings. The molecular weight excluding hydrogens is 348 g/mol. The van der Waals surface area contributed by atoms with Crippen LogP contribution in [0.3, 0.4) is 0 Å². The maximum Gasteiger partial charge on any atom is 0.329 e. The number of benzene rings is 1. The summed E-state index contributed by atoms with van der Waals surface area (Å²) in [7, 11) is -5.68. The van der Waals surface area contributed by atoms with E-state index in [-0.39, 0.29) is 0 Å². The molecule has 0 saturated heterocycles. The maximum absolute atomic E-state index is 11.4. The van der Waals surface area contributed by atoms with Crippen LogP contribution in [-0.2, 0) is 9.46 Å². The molecule has 3 N–H and O–H groups in total. The molecule has 1 atom stereocenters. The normalized spacial score (nSPS) is 16.6. The van der Waals surface area contributed by atoms with Crippen molar-refractivity contribution >= 4 is 16.9 Å². The topological polar surface area (TPSA) is 69.9 Å². The zero-order valence-corrected chi connectivity index (χ0v) is 19.1. The molecule has 0 aromatic heterocycles. The molecule has 25 heavy (non-hydrogen) atoms. The van der Waals surface area contributed by atoms with E-state index in [2.05, 4.69) is 0 Å². The van der Waals surface area contributed by atoms with Crippen molar-refractivity contribution in [2.75, 3.05) is 0 Å². The van der Waals surface area contributed by atoms with Crippen molar-refractivity contribution in [3.05, 3.63) is 35.9 Å².